The quantitative estimate of drug-likeness (QED) is 0.712. The number of hydrogen-bond donors (Lipinski definition) is 0. The van der Waals surface area contributed by atoms with Crippen molar-refractivity contribution in [3.8, 4) is 5.75 Å². The molecule has 1 aliphatic rings. The SMILES string of the molecule is CCc1nc(N2CCOC(c3cccc(OC)c3)C2)c2ccsc2n1. The van der Waals surface area contributed by atoms with Crippen molar-refractivity contribution in [2.45, 2.75) is 19.4 Å². The highest BCUT2D eigenvalue weighted by atomic mass is 32.1. The summed E-state index contributed by atoms with van der Waals surface area (Å²) in [6, 6.07) is 10.2. The molecule has 1 aliphatic heterocycles. The molecule has 1 fully saturated rings. The van der Waals surface area contributed by atoms with Crippen molar-refractivity contribution in [2.75, 3.05) is 31.7 Å². The Kier molecular flexibility index (Phi) is 4.55. The van der Waals surface area contributed by atoms with Crippen LogP contribution in [0.5, 0.6) is 5.75 Å². The molecule has 2 aromatic heterocycles. The van der Waals surface area contributed by atoms with Crippen LogP contribution < -0.4 is 9.64 Å². The molecule has 5 nitrogen and oxygen atoms in total. The van der Waals surface area contributed by atoms with Crippen LogP contribution in [0.15, 0.2) is 35.7 Å². The number of aryl methyl sites for hydroxylation is 1. The Morgan fingerprint density at radius 3 is 3.08 bits per heavy atom. The minimum atomic E-state index is 0.0116. The van der Waals surface area contributed by atoms with E-state index >= 15 is 0 Å². The lowest BCUT2D eigenvalue weighted by Crippen LogP contribution is -2.39. The monoisotopic (exact) mass is 355 g/mol. The van der Waals surface area contributed by atoms with Crippen LogP contribution in [0.3, 0.4) is 0 Å². The summed E-state index contributed by atoms with van der Waals surface area (Å²) in [6.45, 7) is 4.39. The van der Waals surface area contributed by atoms with Gasteiger partial charge in [0, 0.05) is 19.5 Å². The zero-order valence-electron chi connectivity index (χ0n) is 14.4. The fraction of sp³-hybridized carbons (Fsp3) is 0.368. The molecule has 0 bridgehead atoms. The van der Waals surface area contributed by atoms with E-state index in [4.69, 9.17) is 14.5 Å². The summed E-state index contributed by atoms with van der Waals surface area (Å²) in [5.41, 5.74) is 1.13. The third-order valence-corrected chi connectivity index (χ3v) is 5.31. The molecule has 25 heavy (non-hydrogen) atoms. The van der Waals surface area contributed by atoms with Crippen molar-refractivity contribution >= 4 is 27.4 Å². The second kappa shape index (κ2) is 6.98. The van der Waals surface area contributed by atoms with Gasteiger partial charge in [-0.1, -0.05) is 19.1 Å². The van der Waals surface area contributed by atoms with Crippen LogP contribution in [0.25, 0.3) is 10.2 Å². The van der Waals surface area contributed by atoms with Gasteiger partial charge in [-0.3, -0.25) is 0 Å². The van der Waals surface area contributed by atoms with Crippen molar-refractivity contribution in [2.24, 2.45) is 0 Å². The summed E-state index contributed by atoms with van der Waals surface area (Å²) in [7, 11) is 1.69. The molecular weight excluding hydrogens is 334 g/mol. The predicted molar refractivity (Wildman–Crippen MR) is 101 cm³/mol. The maximum atomic E-state index is 6.03. The highest BCUT2D eigenvalue weighted by Gasteiger charge is 2.25. The number of thiophene rings is 1. The van der Waals surface area contributed by atoms with Crippen LogP contribution in [0.4, 0.5) is 5.82 Å². The fourth-order valence-electron chi connectivity index (χ4n) is 3.17. The molecule has 1 saturated heterocycles. The van der Waals surface area contributed by atoms with Crippen molar-refractivity contribution in [3.63, 3.8) is 0 Å². The normalized spacial score (nSPS) is 17.8. The number of nitrogens with zero attached hydrogens (tertiary/aromatic N) is 3. The van der Waals surface area contributed by atoms with Gasteiger partial charge in [-0.25, -0.2) is 9.97 Å². The third-order valence-electron chi connectivity index (χ3n) is 4.50. The number of ether oxygens (including phenoxy) is 2. The predicted octanol–water partition coefficient (Wildman–Crippen LogP) is 3.84. The van der Waals surface area contributed by atoms with Crippen molar-refractivity contribution < 1.29 is 9.47 Å². The standard InChI is InChI=1S/C19H21N3O2S/c1-3-17-20-18(15-7-10-25-19(15)21-17)22-8-9-24-16(12-22)13-5-4-6-14(11-13)23-2/h4-7,10-11,16H,3,8-9,12H2,1-2H3. The van der Waals surface area contributed by atoms with E-state index in [-0.39, 0.29) is 6.10 Å². The number of fused-ring (bicyclic) bond motifs is 1. The Labute approximate surface area is 151 Å². The van der Waals surface area contributed by atoms with E-state index in [1.54, 1.807) is 18.4 Å². The molecule has 0 radical (unpaired) electrons. The molecule has 0 saturated carbocycles. The van der Waals surface area contributed by atoms with Crippen molar-refractivity contribution in [1.29, 1.82) is 0 Å². The molecule has 0 N–H and O–H groups in total. The smallest absolute Gasteiger partial charge is 0.141 e. The minimum absolute atomic E-state index is 0.0116. The van der Waals surface area contributed by atoms with E-state index in [9.17, 15) is 0 Å². The Bertz CT molecular complexity index is 880. The lowest BCUT2D eigenvalue weighted by atomic mass is 10.1. The molecule has 3 heterocycles. The topological polar surface area (TPSA) is 47.5 Å². The minimum Gasteiger partial charge on any atom is -0.497 e. The van der Waals surface area contributed by atoms with Crippen LogP contribution in [-0.2, 0) is 11.2 Å². The Balaban J connectivity index is 1.66. The van der Waals surface area contributed by atoms with Gasteiger partial charge in [0.15, 0.2) is 0 Å². The number of methoxy groups -OCH3 is 1. The zero-order valence-corrected chi connectivity index (χ0v) is 15.3. The molecule has 3 aromatic rings. The molecule has 0 amide bonds. The van der Waals surface area contributed by atoms with Crippen molar-refractivity contribution in [3.05, 3.63) is 47.1 Å². The summed E-state index contributed by atoms with van der Waals surface area (Å²) in [5, 5.41) is 3.22. The largest absolute Gasteiger partial charge is 0.497 e. The maximum Gasteiger partial charge on any atom is 0.141 e. The molecule has 0 aliphatic carbocycles. The van der Waals surface area contributed by atoms with Crippen LogP contribution in [0, 0.1) is 0 Å². The van der Waals surface area contributed by atoms with E-state index in [0.29, 0.717) is 6.61 Å². The van der Waals surface area contributed by atoms with Crippen LogP contribution in [0.1, 0.15) is 24.4 Å². The third kappa shape index (κ3) is 3.19. The molecule has 4 rings (SSSR count). The van der Waals surface area contributed by atoms with E-state index in [0.717, 1.165) is 52.7 Å². The van der Waals surface area contributed by atoms with Gasteiger partial charge < -0.3 is 14.4 Å². The summed E-state index contributed by atoms with van der Waals surface area (Å²) < 4.78 is 11.4. The first-order valence-corrected chi connectivity index (χ1v) is 9.41. The molecule has 1 aromatic carbocycles. The number of anilines is 1. The number of hydrogen-bond acceptors (Lipinski definition) is 6. The van der Waals surface area contributed by atoms with Crippen molar-refractivity contribution in [1.82, 2.24) is 9.97 Å². The maximum absolute atomic E-state index is 6.03. The second-order valence-corrected chi connectivity index (χ2v) is 6.93. The van der Waals surface area contributed by atoms with E-state index in [1.807, 2.05) is 18.2 Å². The number of aromatic nitrogens is 2. The number of morpholine rings is 1. The first-order chi connectivity index (χ1) is 12.3. The average Bonchev–Trinajstić information content (AvgIpc) is 3.16. The highest BCUT2D eigenvalue weighted by Crippen LogP contribution is 2.32. The lowest BCUT2D eigenvalue weighted by molar-refractivity contribution is 0.0395. The molecule has 1 unspecified atom stereocenters. The summed E-state index contributed by atoms with van der Waals surface area (Å²) in [4.78, 5) is 12.8. The van der Waals surface area contributed by atoms with Crippen LogP contribution in [0.2, 0.25) is 0 Å². The molecule has 130 valence electrons. The fourth-order valence-corrected chi connectivity index (χ4v) is 3.94. The molecule has 0 spiro atoms. The zero-order chi connectivity index (χ0) is 17.2. The second-order valence-electron chi connectivity index (χ2n) is 6.04. The van der Waals surface area contributed by atoms with Gasteiger partial charge in [-0.05, 0) is 29.1 Å². The van der Waals surface area contributed by atoms with Gasteiger partial charge >= 0.3 is 0 Å². The average molecular weight is 355 g/mol. The van der Waals surface area contributed by atoms with Gasteiger partial charge in [0.05, 0.1) is 19.1 Å². The highest BCUT2D eigenvalue weighted by molar-refractivity contribution is 7.16. The first-order valence-electron chi connectivity index (χ1n) is 8.53. The molecule has 1 atom stereocenters. The number of rotatable bonds is 4. The Hall–Kier alpha value is -2.18. The van der Waals surface area contributed by atoms with Gasteiger partial charge in [-0.2, -0.15) is 0 Å². The Morgan fingerprint density at radius 1 is 1.32 bits per heavy atom. The van der Waals surface area contributed by atoms with Gasteiger partial charge in [0.25, 0.3) is 0 Å². The molecule has 6 heteroatoms. The van der Waals surface area contributed by atoms with Gasteiger partial charge in [0.1, 0.15) is 28.3 Å². The van der Waals surface area contributed by atoms with E-state index < -0.39 is 0 Å². The van der Waals surface area contributed by atoms with Gasteiger partial charge in [-0.15, -0.1) is 11.3 Å². The van der Waals surface area contributed by atoms with Crippen LogP contribution in [-0.4, -0.2) is 36.8 Å². The molecular formula is C19H21N3O2S. The summed E-state index contributed by atoms with van der Waals surface area (Å²) in [6.07, 6.45) is 0.849. The number of benzene rings is 1. The lowest BCUT2D eigenvalue weighted by Gasteiger charge is -2.34. The van der Waals surface area contributed by atoms with E-state index in [1.165, 1.54) is 0 Å². The first kappa shape index (κ1) is 16.3. The Morgan fingerprint density at radius 2 is 2.24 bits per heavy atom. The van der Waals surface area contributed by atoms with Gasteiger partial charge in [0.2, 0.25) is 0 Å². The van der Waals surface area contributed by atoms with E-state index in [2.05, 4.69) is 34.3 Å². The van der Waals surface area contributed by atoms with Crippen LogP contribution >= 0.6 is 11.3 Å². The summed E-state index contributed by atoms with van der Waals surface area (Å²) in [5.74, 6) is 2.78. The summed E-state index contributed by atoms with van der Waals surface area (Å²) >= 11 is 1.67.